The molecule has 126 valence electrons. The Morgan fingerprint density at radius 3 is 2.52 bits per heavy atom. The van der Waals surface area contributed by atoms with Gasteiger partial charge in [-0.3, -0.25) is 5.43 Å². The Bertz CT molecular complexity index is 857. The number of ether oxygens (including phenoxy) is 1. The number of aryl methyl sites for hydroxylation is 2. The molecular weight excluding hydrogens is 308 g/mol. The van der Waals surface area contributed by atoms with Crippen LogP contribution in [0.2, 0.25) is 0 Å². The number of nitrogens with zero attached hydrogens (tertiary/aromatic N) is 1. The van der Waals surface area contributed by atoms with Gasteiger partial charge >= 0.3 is 0 Å². The summed E-state index contributed by atoms with van der Waals surface area (Å²) in [6, 6.07) is 24.3. The molecule has 0 radical (unpaired) electrons. The Kier molecular flexibility index (Phi) is 5.47. The van der Waals surface area contributed by atoms with Crippen LogP contribution in [0.1, 0.15) is 22.3 Å². The lowest BCUT2D eigenvalue weighted by Gasteiger charge is -2.07. The smallest absolute Gasteiger partial charge is 0.120 e. The van der Waals surface area contributed by atoms with Crippen LogP contribution in [0.4, 0.5) is 5.69 Å². The first kappa shape index (κ1) is 16.8. The highest BCUT2D eigenvalue weighted by molar-refractivity contribution is 5.80. The van der Waals surface area contributed by atoms with Gasteiger partial charge in [0, 0.05) is 0 Å². The van der Waals surface area contributed by atoms with Gasteiger partial charge in [0.2, 0.25) is 0 Å². The average Bonchev–Trinajstić information content (AvgIpc) is 2.64. The molecule has 25 heavy (non-hydrogen) atoms. The van der Waals surface area contributed by atoms with Crippen molar-refractivity contribution in [2.75, 3.05) is 5.43 Å². The number of anilines is 1. The van der Waals surface area contributed by atoms with E-state index in [1.165, 1.54) is 11.1 Å². The highest BCUT2D eigenvalue weighted by atomic mass is 16.5. The zero-order valence-electron chi connectivity index (χ0n) is 14.6. The summed E-state index contributed by atoms with van der Waals surface area (Å²) in [5, 5.41) is 4.31. The summed E-state index contributed by atoms with van der Waals surface area (Å²) in [4.78, 5) is 0. The predicted molar refractivity (Wildman–Crippen MR) is 104 cm³/mol. The van der Waals surface area contributed by atoms with Crippen LogP contribution >= 0.6 is 0 Å². The molecule has 0 fully saturated rings. The molecule has 0 aliphatic rings. The van der Waals surface area contributed by atoms with Crippen LogP contribution in [0.5, 0.6) is 5.75 Å². The zero-order chi connectivity index (χ0) is 17.5. The van der Waals surface area contributed by atoms with Crippen molar-refractivity contribution in [3.05, 3.63) is 95.1 Å². The van der Waals surface area contributed by atoms with Crippen LogP contribution in [-0.2, 0) is 6.61 Å². The van der Waals surface area contributed by atoms with E-state index in [1.807, 2.05) is 48.5 Å². The molecule has 0 heterocycles. The maximum Gasteiger partial charge on any atom is 0.120 e. The minimum atomic E-state index is 0.558. The summed E-state index contributed by atoms with van der Waals surface area (Å²) in [7, 11) is 0. The lowest BCUT2D eigenvalue weighted by molar-refractivity contribution is 0.306. The quantitative estimate of drug-likeness (QED) is 0.489. The molecule has 0 bridgehead atoms. The fourth-order valence-electron chi connectivity index (χ4n) is 2.42. The molecule has 0 atom stereocenters. The van der Waals surface area contributed by atoms with Crippen LogP contribution in [0.3, 0.4) is 0 Å². The summed E-state index contributed by atoms with van der Waals surface area (Å²) in [5.41, 5.74) is 8.71. The number of rotatable bonds is 6. The van der Waals surface area contributed by atoms with Gasteiger partial charge in [0.25, 0.3) is 0 Å². The molecule has 0 aliphatic carbocycles. The molecule has 1 N–H and O–H groups in total. The molecule has 3 aromatic carbocycles. The van der Waals surface area contributed by atoms with Crippen LogP contribution in [-0.4, -0.2) is 6.21 Å². The van der Waals surface area contributed by atoms with Gasteiger partial charge in [-0.1, -0.05) is 48.5 Å². The van der Waals surface area contributed by atoms with Gasteiger partial charge in [-0.25, -0.2) is 0 Å². The van der Waals surface area contributed by atoms with Crippen LogP contribution in [0.15, 0.2) is 77.9 Å². The van der Waals surface area contributed by atoms with Crippen LogP contribution in [0, 0.1) is 13.8 Å². The maximum absolute atomic E-state index is 5.84. The summed E-state index contributed by atoms with van der Waals surface area (Å²) >= 11 is 0. The Balaban J connectivity index is 1.60. The minimum absolute atomic E-state index is 0.558. The Morgan fingerprint density at radius 2 is 1.72 bits per heavy atom. The second kappa shape index (κ2) is 8.15. The van der Waals surface area contributed by atoms with Crippen molar-refractivity contribution in [3.8, 4) is 5.75 Å². The standard InChI is InChI=1S/C22H22N2O/c1-17-11-12-21(13-18(17)2)24-23-15-20-9-6-10-22(14-20)25-16-19-7-4-3-5-8-19/h3-15,24H,16H2,1-2H3. The van der Waals surface area contributed by atoms with Crippen molar-refractivity contribution in [3.63, 3.8) is 0 Å². The molecule has 0 saturated heterocycles. The van der Waals surface area contributed by atoms with E-state index < -0.39 is 0 Å². The number of hydrogen-bond donors (Lipinski definition) is 1. The largest absolute Gasteiger partial charge is 0.489 e. The molecule has 3 aromatic rings. The first-order chi connectivity index (χ1) is 12.2. The molecule has 0 unspecified atom stereocenters. The normalized spacial score (nSPS) is 10.8. The molecular formula is C22H22N2O. The molecule has 3 heteroatoms. The first-order valence-corrected chi connectivity index (χ1v) is 8.34. The number of nitrogens with one attached hydrogen (secondary N) is 1. The van der Waals surface area contributed by atoms with Crippen molar-refractivity contribution >= 4 is 11.9 Å². The first-order valence-electron chi connectivity index (χ1n) is 8.34. The minimum Gasteiger partial charge on any atom is -0.489 e. The highest BCUT2D eigenvalue weighted by Crippen LogP contribution is 2.16. The Hall–Kier alpha value is -3.07. The lowest BCUT2D eigenvalue weighted by atomic mass is 10.1. The molecule has 0 saturated carbocycles. The van der Waals surface area contributed by atoms with E-state index in [-0.39, 0.29) is 0 Å². The SMILES string of the molecule is Cc1ccc(NN=Cc2cccc(OCc3ccccc3)c2)cc1C. The van der Waals surface area contributed by atoms with Crippen molar-refractivity contribution in [2.45, 2.75) is 20.5 Å². The monoisotopic (exact) mass is 330 g/mol. The van der Waals surface area contributed by atoms with Gasteiger partial charge in [0.1, 0.15) is 12.4 Å². The van der Waals surface area contributed by atoms with Gasteiger partial charge in [-0.15, -0.1) is 0 Å². The average molecular weight is 330 g/mol. The third-order valence-electron chi connectivity index (χ3n) is 4.02. The van der Waals surface area contributed by atoms with E-state index >= 15 is 0 Å². The van der Waals surface area contributed by atoms with E-state index in [4.69, 9.17) is 4.74 Å². The number of hydrogen-bond acceptors (Lipinski definition) is 3. The van der Waals surface area contributed by atoms with E-state index in [1.54, 1.807) is 6.21 Å². The molecule has 0 amide bonds. The number of hydrazone groups is 1. The third kappa shape index (κ3) is 4.95. The summed E-state index contributed by atoms with van der Waals surface area (Å²) in [6.07, 6.45) is 1.80. The fourth-order valence-corrected chi connectivity index (χ4v) is 2.42. The molecule has 0 aromatic heterocycles. The van der Waals surface area contributed by atoms with E-state index in [9.17, 15) is 0 Å². The molecule has 0 aliphatic heterocycles. The van der Waals surface area contributed by atoms with E-state index in [2.05, 4.69) is 48.6 Å². The molecule has 3 nitrogen and oxygen atoms in total. The van der Waals surface area contributed by atoms with Crippen molar-refractivity contribution in [1.29, 1.82) is 0 Å². The van der Waals surface area contributed by atoms with Crippen molar-refractivity contribution < 1.29 is 4.74 Å². The van der Waals surface area contributed by atoms with E-state index in [0.717, 1.165) is 22.6 Å². The van der Waals surface area contributed by atoms with Gasteiger partial charge in [0.15, 0.2) is 0 Å². The predicted octanol–water partition coefficient (Wildman–Crippen LogP) is 5.33. The second-order valence-corrected chi connectivity index (χ2v) is 6.02. The second-order valence-electron chi connectivity index (χ2n) is 6.02. The Morgan fingerprint density at radius 1 is 0.880 bits per heavy atom. The zero-order valence-corrected chi connectivity index (χ0v) is 14.6. The fraction of sp³-hybridized carbons (Fsp3) is 0.136. The lowest BCUT2D eigenvalue weighted by Crippen LogP contribution is -1.96. The van der Waals surface area contributed by atoms with Crippen molar-refractivity contribution in [1.82, 2.24) is 0 Å². The summed E-state index contributed by atoms with van der Waals surface area (Å²) in [5.74, 6) is 0.832. The van der Waals surface area contributed by atoms with Gasteiger partial charge in [-0.2, -0.15) is 5.10 Å². The van der Waals surface area contributed by atoms with Gasteiger partial charge in [-0.05, 0) is 60.4 Å². The topological polar surface area (TPSA) is 33.6 Å². The highest BCUT2D eigenvalue weighted by Gasteiger charge is 1.98. The van der Waals surface area contributed by atoms with Crippen molar-refractivity contribution in [2.24, 2.45) is 5.10 Å². The third-order valence-corrected chi connectivity index (χ3v) is 4.02. The van der Waals surface area contributed by atoms with Crippen LogP contribution in [0.25, 0.3) is 0 Å². The van der Waals surface area contributed by atoms with Crippen LogP contribution < -0.4 is 10.2 Å². The Labute approximate surface area is 149 Å². The van der Waals surface area contributed by atoms with Gasteiger partial charge in [0.05, 0.1) is 11.9 Å². The van der Waals surface area contributed by atoms with E-state index in [0.29, 0.717) is 6.61 Å². The molecule has 0 spiro atoms. The summed E-state index contributed by atoms with van der Waals surface area (Å²) < 4.78 is 5.84. The number of benzene rings is 3. The molecule has 3 rings (SSSR count). The summed E-state index contributed by atoms with van der Waals surface area (Å²) in [6.45, 7) is 4.75. The van der Waals surface area contributed by atoms with Gasteiger partial charge < -0.3 is 4.74 Å². The maximum atomic E-state index is 5.84.